The molecule has 0 aromatic rings. The maximum atomic E-state index is 8.79. The van der Waals surface area contributed by atoms with Gasteiger partial charge in [0.2, 0.25) is 0 Å². The quantitative estimate of drug-likeness (QED) is 0.586. The van der Waals surface area contributed by atoms with Crippen LogP contribution in [-0.2, 0) is 4.74 Å². The molecule has 1 saturated heterocycles. The molecule has 1 aliphatic carbocycles. The van der Waals surface area contributed by atoms with Crippen molar-refractivity contribution in [1.82, 2.24) is 0 Å². The van der Waals surface area contributed by atoms with Crippen LogP contribution in [0.5, 0.6) is 0 Å². The van der Waals surface area contributed by atoms with Crippen molar-refractivity contribution in [2.24, 2.45) is 11.3 Å². The molecule has 1 aliphatic heterocycles. The molecule has 0 radical (unpaired) electrons. The number of hydrogen-bond donors (Lipinski definition) is 1. The molecular formula is C8H14O2. The Morgan fingerprint density at radius 3 is 2.60 bits per heavy atom. The zero-order valence-electron chi connectivity index (χ0n) is 6.34. The molecular weight excluding hydrogens is 128 g/mol. The van der Waals surface area contributed by atoms with Gasteiger partial charge in [-0.05, 0) is 24.2 Å². The van der Waals surface area contributed by atoms with E-state index in [1.165, 1.54) is 6.42 Å². The summed E-state index contributed by atoms with van der Waals surface area (Å²) < 4.78 is 5.40. The topological polar surface area (TPSA) is 29.5 Å². The second-order valence-corrected chi connectivity index (χ2v) is 3.79. The Morgan fingerprint density at radius 2 is 2.30 bits per heavy atom. The van der Waals surface area contributed by atoms with Crippen molar-refractivity contribution in [1.29, 1.82) is 0 Å². The zero-order chi connectivity index (χ0) is 7.19. The number of aliphatic hydroxyl groups is 1. The van der Waals surface area contributed by atoms with Gasteiger partial charge in [-0.1, -0.05) is 6.92 Å². The summed E-state index contributed by atoms with van der Waals surface area (Å²) in [4.78, 5) is 0. The average Bonchev–Trinajstić information content (AvgIpc) is 2.43. The van der Waals surface area contributed by atoms with Crippen molar-refractivity contribution in [3.05, 3.63) is 0 Å². The van der Waals surface area contributed by atoms with E-state index in [4.69, 9.17) is 9.84 Å². The van der Waals surface area contributed by atoms with Crippen LogP contribution in [0.15, 0.2) is 0 Å². The fourth-order valence-corrected chi connectivity index (χ4v) is 2.01. The van der Waals surface area contributed by atoms with Gasteiger partial charge in [0.1, 0.15) is 0 Å². The fourth-order valence-electron chi connectivity index (χ4n) is 2.01. The summed E-state index contributed by atoms with van der Waals surface area (Å²) in [6.07, 6.45) is 2.54. The van der Waals surface area contributed by atoms with Gasteiger partial charge in [-0.25, -0.2) is 0 Å². The maximum Gasteiger partial charge on any atom is 0.0812 e. The minimum atomic E-state index is 0.143. The molecule has 0 aromatic heterocycles. The van der Waals surface area contributed by atoms with E-state index in [9.17, 15) is 0 Å². The molecule has 0 amide bonds. The van der Waals surface area contributed by atoms with E-state index >= 15 is 0 Å². The van der Waals surface area contributed by atoms with Gasteiger partial charge in [0.05, 0.1) is 19.3 Å². The first-order valence-corrected chi connectivity index (χ1v) is 3.99. The molecule has 58 valence electrons. The number of rotatable bonds is 1. The van der Waals surface area contributed by atoms with Crippen LogP contribution in [0, 0.1) is 11.3 Å². The summed E-state index contributed by atoms with van der Waals surface area (Å²) in [7, 11) is 0. The van der Waals surface area contributed by atoms with Crippen LogP contribution in [0.3, 0.4) is 0 Å². The molecule has 10 heavy (non-hydrogen) atoms. The Morgan fingerprint density at radius 1 is 1.60 bits per heavy atom. The number of aliphatic hydroxyl groups excluding tert-OH is 1. The normalized spacial score (nSPS) is 52.2. The van der Waals surface area contributed by atoms with Gasteiger partial charge in [-0.2, -0.15) is 0 Å². The zero-order valence-corrected chi connectivity index (χ0v) is 6.34. The lowest BCUT2D eigenvalue weighted by Crippen LogP contribution is -2.10. The van der Waals surface area contributed by atoms with Gasteiger partial charge in [0, 0.05) is 0 Å². The van der Waals surface area contributed by atoms with E-state index in [2.05, 4.69) is 6.92 Å². The van der Waals surface area contributed by atoms with Gasteiger partial charge >= 0.3 is 0 Å². The SMILES string of the molecule is CC1CC12COC(CO)C2. The van der Waals surface area contributed by atoms with E-state index in [-0.39, 0.29) is 12.7 Å². The lowest BCUT2D eigenvalue weighted by atomic mass is 10.0. The molecule has 2 fully saturated rings. The second-order valence-electron chi connectivity index (χ2n) is 3.79. The van der Waals surface area contributed by atoms with Crippen LogP contribution in [0.2, 0.25) is 0 Å². The van der Waals surface area contributed by atoms with E-state index in [0.717, 1.165) is 18.9 Å². The van der Waals surface area contributed by atoms with Crippen LogP contribution >= 0.6 is 0 Å². The molecule has 2 nitrogen and oxygen atoms in total. The Kier molecular flexibility index (Phi) is 1.29. The van der Waals surface area contributed by atoms with E-state index < -0.39 is 0 Å². The van der Waals surface area contributed by atoms with Crippen LogP contribution in [-0.4, -0.2) is 24.4 Å². The Balaban J connectivity index is 1.95. The molecule has 2 aliphatic rings. The first-order valence-electron chi connectivity index (χ1n) is 3.99. The third-order valence-electron chi connectivity index (χ3n) is 3.04. The van der Waals surface area contributed by atoms with Crippen LogP contribution < -0.4 is 0 Å². The lowest BCUT2D eigenvalue weighted by molar-refractivity contribution is 0.0563. The molecule has 0 bridgehead atoms. The molecule has 0 aromatic carbocycles. The third kappa shape index (κ3) is 0.789. The summed E-state index contributed by atoms with van der Waals surface area (Å²) in [5.41, 5.74) is 0.493. The number of hydrogen-bond acceptors (Lipinski definition) is 2. The highest BCUT2D eigenvalue weighted by atomic mass is 16.5. The van der Waals surface area contributed by atoms with Gasteiger partial charge in [-0.15, -0.1) is 0 Å². The largest absolute Gasteiger partial charge is 0.394 e. The number of ether oxygens (including phenoxy) is 1. The van der Waals surface area contributed by atoms with E-state index in [0.29, 0.717) is 5.41 Å². The molecule has 3 atom stereocenters. The first-order chi connectivity index (χ1) is 4.77. The molecule has 2 heteroatoms. The Hall–Kier alpha value is -0.0800. The second kappa shape index (κ2) is 1.95. The van der Waals surface area contributed by atoms with Crippen LogP contribution in [0.4, 0.5) is 0 Å². The summed E-state index contributed by atoms with van der Waals surface area (Å²) in [6.45, 7) is 3.36. The molecule has 1 heterocycles. The molecule has 2 rings (SSSR count). The third-order valence-corrected chi connectivity index (χ3v) is 3.04. The van der Waals surface area contributed by atoms with E-state index in [1.807, 2.05) is 0 Å². The minimum absolute atomic E-state index is 0.143. The van der Waals surface area contributed by atoms with E-state index in [1.54, 1.807) is 0 Å². The monoisotopic (exact) mass is 142 g/mol. The van der Waals surface area contributed by atoms with Crippen molar-refractivity contribution in [3.63, 3.8) is 0 Å². The van der Waals surface area contributed by atoms with Crippen LogP contribution in [0.1, 0.15) is 19.8 Å². The highest BCUT2D eigenvalue weighted by Crippen LogP contribution is 2.58. The van der Waals surface area contributed by atoms with Crippen molar-refractivity contribution in [2.75, 3.05) is 13.2 Å². The fraction of sp³-hybridized carbons (Fsp3) is 1.00. The standard InChI is InChI=1S/C8H14O2/c1-6-2-8(6)3-7(4-9)10-5-8/h6-7,9H,2-5H2,1H3. The summed E-state index contributed by atoms with van der Waals surface area (Å²) in [5.74, 6) is 0.837. The van der Waals surface area contributed by atoms with Crippen molar-refractivity contribution < 1.29 is 9.84 Å². The molecule has 1 saturated carbocycles. The molecule has 3 unspecified atom stereocenters. The van der Waals surface area contributed by atoms with Crippen molar-refractivity contribution >= 4 is 0 Å². The minimum Gasteiger partial charge on any atom is -0.394 e. The van der Waals surface area contributed by atoms with Crippen molar-refractivity contribution in [2.45, 2.75) is 25.9 Å². The lowest BCUT2D eigenvalue weighted by Gasteiger charge is -2.02. The Bertz CT molecular complexity index is 146. The summed E-state index contributed by atoms with van der Waals surface area (Å²) >= 11 is 0. The van der Waals surface area contributed by atoms with Gasteiger partial charge < -0.3 is 9.84 Å². The maximum absolute atomic E-state index is 8.79. The predicted molar refractivity (Wildman–Crippen MR) is 37.7 cm³/mol. The summed E-state index contributed by atoms with van der Waals surface area (Å²) in [5, 5.41) is 8.79. The highest BCUT2D eigenvalue weighted by molar-refractivity contribution is 5.04. The van der Waals surface area contributed by atoms with Crippen molar-refractivity contribution in [3.8, 4) is 0 Å². The molecule has 1 spiro atoms. The van der Waals surface area contributed by atoms with Gasteiger partial charge in [0.25, 0.3) is 0 Å². The molecule has 1 N–H and O–H groups in total. The first kappa shape index (κ1) is 6.62. The summed E-state index contributed by atoms with van der Waals surface area (Å²) in [6, 6.07) is 0. The Labute approximate surface area is 61.2 Å². The highest BCUT2D eigenvalue weighted by Gasteiger charge is 2.55. The predicted octanol–water partition coefficient (Wildman–Crippen LogP) is 0.794. The van der Waals surface area contributed by atoms with Gasteiger partial charge in [0.15, 0.2) is 0 Å². The van der Waals surface area contributed by atoms with Gasteiger partial charge in [-0.3, -0.25) is 0 Å². The smallest absolute Gasteiger partial charge is 0.0812 e. The van der Waals surface area contributed by atoms with Crippen LogP contribution in [0.25, 0.3) is 0 Å². The average molecular weight is 142 g/mol.